The van der Waals surface area contributed by atoms with Crippen LogP contribution in [0.15, 0.2) is 42.5 Å². The topological polar surface area (TPSA) is 123 Å². The zero-order chi connectivity index (χ0) is 23.2. The molecule has 2 saturated heterocycles. The van der Waals surface area contributed by atoms with E-state index in [4.69, 9.17) is 21.1 Å². The van der Waals surface area contributed by atoms with Gasteiger partial charge < -0.3 is 14.8 Å². The van der Waals surface area contributed by atoms with Crippen molar-refractivity contribution >= 4 is 46.4 Å². The third kappa shape index (κ3) is 4.11. The van der Waals surface area contributed by atoms with Crippen molar-refractivity contribution in [3.8, 4) is 11.5 Å². The summed E-state index contributed by atoms with van der Waals surface area (Å²) in [6, 6.07) is 11.6. The number of fused-ring (bicyclic) bond motifs is 2. The van der Waals surface area contributed by atoms with Crippen LogP contribution in [0, 0.1) is 0 Å². The first kappa shape index (κ1) is 21.6. The van der Waals surface area contributed by atoms with Crippen LogP contribution in [-0.4, -0.2) is 41.0 Å². The molecule has 11 heteroatoms. The van der Waals surface area contributed by atoms with Gasteiger partial charge >= 0.3 is 6.03 Å². The lowest BCUT2D eigenvalue weighted by atomic mass is 9.82. The quantitative estimate of drug-likeness (QED) is 0.554. The normalized spacial score (nSPS) is 25.8. The molecule has 0 aliphatic carbocycles. The summed E-state index contributed by atoms with van der Waals surface area (Å²) in [4.78, 5) is 47.7. The van der Waals surface area contributed by atoms with E-state index in [0.29, 0.717) is 28.5 Å². The van der Waals surface area contributed by atoms with E-state index in [9.17, 15) is 19.2 Å². The number of nitrogens with one attached hydrogen (secondary N) is 3. The van der Waals surface area contributed by atoms with Crippen LogP contribution in [0.2, 0.25) is 5.02 Å². The average Bonchev–Trinajstić information content (AvgIpc) is 3.24. The fourth-order valence-corrected chi connectivity index (χ4v) is 5.21. The Labute approximate surface area is 197 Å². The molecule has 0 bridgehead atoms. The monoisotopic (exact) mass is 487 g/mol. The van der Waals surface area contributed by atoms with Crippen LogP contribution in [0.3, 0.4) is 0 Å². The van der Waals surface area contributed by atoms with Gasteiger partial charge in [-0.25, -0.2) is 4.79 Å². The molecular weight excluding hydrogens is 470 g/mol. The second-order valence-corrected chi connectivity index (χ2v) is 9.55. The minimum Gasteiger partial charge on any atom is -0.490 e. The molecule has 3 heterocycles. The number of hydrogen-bond donors (Lipinski definition) is 3. The maximum absolute atomic E-state index is 12.7. The van der Waals surface area contributed by atoms with E-state index in [-0.39, 0.29) is 24.2 Å². The highest BCUT2D eigenvalue weighted by atomic mass is 35.5. The van der Waals surface area contributed by atoms with Crippen LogP contribution in [0.4, 0.5) is 9.59 Å². The van der Waals surface area contributed by atoms with Crippen LogP contribution in [-0.2, 0) is 21.5 Å². The molecule has 170 valence electrons. The Morgan fingerprint density at radius 2 is 1.88 bits per heavy atom. The van der Waals surface area contributed by atoms with E-state index in [1.54, 1.807) is 30.3 Å². The second kappa shape index (κ2) is 8.27. The van der Waals surface area contributed by atoms with Crippen LogP contribution >= 0.6 is 23.4 Å². The van der Waals surface area contributed by atoms with E-state index in [0.717, 1.165) is 17.3 Å². The van der Waals surface area contributed by atoms with Gasteiger partial charge in [0.25, 0.3) is 11.1 Å². The summed E-state index contributed by atoms with van der Waals surface area (Å²) < 4.78 is 11.9. The zero-order valence-electron chi connectivity index (χ0n) is 17.1. The highest BCUT2D eigenvalue weighted by molar-refractivity contribution is 8.15. The molecular formula is C22H18ClN3O6S. The highest BCUT2D eigenvalue weighted by Gasteiger charge is 2.53. The van der Waals surface area contributed by atoms with E-state index in [1.807, 2.05) is 12.1 Å². The Balaban J connectivity index is 1.27. The molecule has 3 N–H and O–H groups in total. The molecule has 2 fully saturated rings. The molecule has 5 rings (SSSR count). The summed E-state index contributed by atoms with van der Waals surface area (Å²) in [7, 11) is 0. The number of amides is 5. The Kier molecular flexibility index (Phi) is 5.41. The number of thioether (sulfide) groups is 1. The molecule has 0 aromatic heterocycles. The lowest BCUT2D eigenvalue weighted by Gasteiger charge is -2.37. The molecule has 9 nitrogen and oxygen atoms in total. The molecule has 5 amide bonds. The van der Waals surface area contributed by atoms with Gasteiger partial charge in [-0.1, -0.05) is 35.5 Å². The number of hydrogen-bond acceptors (Lipinski definition) is 7. The van der Waals surface area contributed by atoms with Crippen molar-refractivity contribution in [2.45, 2.75) is 29.7 Å². The highest BCUT2D eigenvalue weighted by Crippen LogP contribution is 2.42. The van der Waals surface area contributed by atoms with E-state index < -0.39 is 28.8 Å². The molecule has 0 saturated carbocycles. The Morgan fingerprint density at radius 1 is 1.09 bits per heavy atom. The lowest BCUT2D eigenvalue weighted by Crippen LogP contribution is -2.51. The van der Waals surface area contributed by atoms with Crippen LogP contribution < -0.4 is 25.4 Å². The Morgan fingerprint density at radius 3 is 2.55 bits per heavy atom. The largest absolute Gasteiger partial charge is 0.490 e. The van der Waals surface area contributed by atoms with E-state index in [2.05, 4.69) is 16.0 Å². The van der Waals surface area contributed by atoms with Crippen molar-refractivity contribution in [2.75, 3.05) is 6.61 Å². The van der Waals surface area contributed by atoms with Crippen LogP contribution in [0.1, 0.15) is 17.5 Å². The summed E-state index contributed by atoms with van der Waals surface area (Å²) in [6.07, 6.45) is 0.107. The Bertz CT molecular complexity index is 1170. The van der Waals surface area contributed by atoms with Gasteiger partial charge in [-0.3, -0.25) is 25.0 Å². The molecule has 3 aliphatic rings. The molecule has 2 aromatic rings. The molecule has 3 aliphatic heterocycles. The number of ether oxygens (including phenoxy) is 2. The van der Waals surface area contributed by atoms with Crippen LogP contribution in [0.5, 0.6) is 11.5 Å². The molecule has 3 atom stereocenters. The SMILES string of the molecule is O=C1NC(=O)C2(CC(COc3ccc(CC4SC(=O)NC4=O)cc3)Oc3ccc(Cl)cc32)N1. The predicted octanol–water partition coefficient (Wildman–Crippen LogP) is 2.50. The molecule has 0 radical (unpaired) electrons. The molecule has 2 aromatic carbocycles. The van der Waals surface area contributed by atoms with Gasteiger partial charge in [0.15, 0.2) is 5.54 Å². The van der Waals surface area contributed by atoms with Gasteiger partial charge in [-0.05, 0) is 42.3 Å². The zero-order valence-corrected chi connectivity index (χ0v) is 18.6. The minimum atomic E-state index is -1.27. The molecule has 33 heavy (non-hydrogen) atoms. The van der Waals surface area contributed by atoms with Crippen molar-refractivity contribution in [1.29, 1.82) is 0 Å². The predicted molar refractivity (Wildman–Crippen MR) is 119 cm³/mol. The van der Waals surface area contributed by atoms with E-state index in [1.165, 1.54) is 0 Å². The van der Waals surface area contributed by atoms with Gasteiger partial charge in [-0.15, -0.1) is 0 Å². The first-order chi connectivity index (χ1) is 15.8. The second-order valence-electron chi connectivity index (χ2n) is 7.94. The summed E-state index contributed by atoms with van der Waals surface area (Å²) in [5.74, 6) is 0.297. The van der Waals surface area contributed by atoms with Crippen molar-refractivity contribution in [1.82, 2.24) is 16.0 Å². The van der Waals surface area contributed by atoms with Gasteiger partial charge in [0.05, 0.1) is 5.25 Å². The van der Waals surface area contributed by atoms with E-state index >= 15 is 0 Å². The summed E-state index contributed by atoms with van der Waals surface area (Å²) in [6.45, 7) is 0.141. The number of benzene rings is 2. The summed E-state index contributed by atoms with van der Waals surface area (Å²) in [5, 5.41) is 6.97. The van der Waals surface area contributed by atoms with Crippen molar-refractivity contribution in [2.24, 2.45) is 0 Å². The summed E-state index contributed by atoms with van der Waals surface area (Å²) in [5.41, 5.74) is 0.129. The fourth-order valence-electron chi connectivity index (χ4n) is 4.18. The number of carbonyl (C=O) groups excluding carboxylic acids is 4. The lowest BCUT2D eigenvalue weighted by molar-refractivity contribution is -0.126. The maximum atomic E-state index is 12.7. The third-order valence-corrected chi connectivity index (χ3v) is 6.93. The maximum Gasteiger partial charge on any atom is 0.322 e. The first-order valence-electron chi connectivity index (χ1n) is 10.2. The Hall–Kier alpha value is -3.24. The van der Waals surface area contributed by atoms with Crippen molar-refractivity contribution in [3.05, 3.63) is 58.6 Å². The average molecular weight is 488 g/mol. The first-order valence-corrected chi connectivity index (χ1v) is 11.4. The number of halogens is 1. The minimum absolute atomic E-state index is 0.141. The van der Waals surface area contributed by atoms with Crippen molar-refractivity contribution in [3.63, 3.8) is 0 Å². The van der Waals surface area contributed by atoms with Gasteiger partial charge in [0, 0.05) is 17.0 Å². The number of imide groups is 2. The standard InChI is InChI=1S/C22H18ClN3O6S/c23-12-3-6-16-15(8-12)22(19(28)25-20(29)26-22)9-14(32-16)10-31-13-4-1-11(2-5-13)7-17-18(27)24-21(30)33-17/h1-6,8,14,17H,7,9-10H2,(H,24,27,30)(H2,25,26,28,29). The van der Waals surface area contributed by atoms with Crippen LogP contribution in [0.25, 0.3) is 0 Å². The van der Waals surface area contributed by atoms with Crippen molar-refractivity contribution < 1.29 is 28.7 Å². The molecule has 3 unspecified atom stereocenters. The third-order valence-electron chi connectivity index (χ3n) is 5.72. The van der Waals surface area contributed by atoms with Gasteiger partial charge in [-0.2, -0.15) is 0 Å². The number of carbonyl (C=O) groups is 4. The van der Waals surface area contributed by atoms with Gasteiger partial charge in [0.2, 0.25) is 5.91 Å². The smallest absolute Gasteiger partial charge is 0.322 e. The number of rotatable bonds is 5. The fraction of sp³-hybridized carbons (Fsp3) is 0.273. The van der Waals surface area contributed by atoms with Gasteiger partial charge in [0.1, 0.15) is 24.2 Å². The summed E-state index contributed by atoms with van der Waals surface area (Å²) >= 11 is 7.10. The molecule has 1 spiro atoms. The number of urea groups is 1.